The summed E-state index contributed by atoms with van der Waals surface area (Å²) in [6, 6.07) is 64.4. The van der Waals surface area contributed by atoms with Crippen molar-refractivity contribution in [3.05, 3.63) is 208 Å². The smallest absolute Gasteiger partial charge is 0.252 e. The molecule has 0 saturated carbocycles. The number of anilines is 6. The number of fused-ring (bicyclic) bond motifs is 8. The minimum absolute atomic E-state index is 0.114. The van der Waals surface area contributed by atoms with Gasteiger partial charge in [0.15, 0.2) is 5.82 Å². The summed E-state index contributed by atoms with van der Waals surface area (Å²) in [7, 11) is 0. The van der Waals surface area contributed by atoms with Crippen LogP contribution in [0.3, 0.4) is 0 Å². The van der Waals surface area contributed by atoms with Crippen LogP contribution in [0, 0.1) is 0 Å². The lowest BCUT2D eigenvalue weighted by Crippen LogP contribution is -2.61. The van der Waals surface area contributed by atoms with E-state index in [0.717, 1.165) is 50.8 Å². The van der Waals surface area contributed by atoms with Crippen LogP contribution in [0.15, 0.2) is 164 Å². The van der Waals surface area contributed by atoms with Gasteiger partial charge in [-0.3, -0.25) is 0 Å². The van der Waals surface area contributed by atoms with E-state index in [-0.39, 0.29) is 50.0 Å². The van der Waals surface area contributed by atoms with E-state index < -0.39 is 0 Å². The first-order valence-corrected chi connectivity index (χ1v) is 33.5. The molecule has 5 heteroatoms. The van der Waals surface area contributed by atoms with Crippen LogP contribution < -0.4 is 26.2 Å². The van der Waals surface area contributed by atoms with E-state index in [1.807, 2.05) is 0 Å². The number of rotatable bonds is 5. The number of nitrogens with zero attached hydrogens (tertiary/aromatic N) is 4. The van der Waals surface area contributed by atoms with Gasteiger partial charge < -0.3 is 9.80 Å². The van der Waals surface area contributed by atoms with Gasteiger partial charge >= 0.3 is 0 Å². The van der Waals surface area contributed by atoms with Crippen LogP contribution in [-0.4, -0.2) is 16.7 Å². The minimum Gasteiger partial charge on any atom is -0.311 e. The van der Waals surface area contributed by atoms with Crippen molar-refractivity contribution < 1.29 is 0 Å². The first-order valence-electron chi connectivity index (χ1n) is 33.5. The molecule has 91 heavy (non-hydrogen) atoms. The number of aromatic nitrogens is 2. The fourth-order valence-corrected chi connectivity index (χ4v) is 13.6. The van der Waals surface area contributed by atoms with Gasteiger partial charge in [-0.25, -0.2) is 9.97 Å². The first kappa shape index (κ1) is 63.4. The molecule has 4 nitrogen and oxygen atoms in total. The number of hydrogen-bond donors (Lipinski definition) is 0. The van der Waals surface area contributed by atoms with Gasteiger partial charge in [-0.15, -0.1) is 0 Å². The summed E-state index contributed by atoms with van der Waals surface area (Å²) in [4.78, 5) is 17.1. The van der Waals surface area contributed by atoms with Crippen molar-refractivity contribution in [1.29, 1.82) is 0 Å². The molecule has 12 rings (SSSR count). The van der Waals surface area contributed by atoms with E-state index in [9.17, 15) is 0 Å². The summed E-state index contributed by atoms with van der Waals surface area (Å²) in [5.41, 5.74) is 25.1. The van der Waals surface area contributed by atoms with E-state index in [1.54, 1.807) is 0 Å². The van der Waals surface area contributed by atoms with E-state index in [4.69, 9.17) is 9.97 Å². The second-order valence-corrected chi connectivity index (χ2v) is 35.1. The Labute approximate surface area is 547 Å². The maximum absolute atomic E-state index is 5.97. The van der Waals surface area contributed by atoms with Crippen molar-refractivity contribution in [1.82, 2.24) is 9.97 Å². The van der Waals surface area contributed by atoms with Crippen LogP contribution in [0.4, 0.5) is 34.1 Å². The fourth-order valence-electron chi connectivity index (χ4n) is 13.6. The predicted octanol–water partition coefficient (Wildman–Crippen LogP) is 22.2. The third kappa shape index (κ3) is 11.8. The Hall–Kier alpha value is -7.76. The van der Waals surface area contributed by atoms with E-state index in [1.165, 1.54) is 93.8 Å². The monoisotopic (exact) mass is 1200 g/mol. The molecule has 1 aromatic heterocycles. The maximum Gasteiger partial charge on any atom is 0.252 e. The standard InChI is InChI=1S/C86H99BN4/c1-79(2,3)57-37-54(38-58(43-57)80(4,5)6)71-51-72(89-78(88-71)56-39-59(81(7,8)9)44-60(40-56)82(10,11)12)55-41-73-75-74(42-55)91(66-49-63(85(19,20)21)46-64(50-66)86(22,23)24)77-68-32-28-26-30-53(68)34-36-70(77)87(75)69-35-33-52-29-25-27-31-67(52)76(69)90(73)65-47-61(83(13,14)15)45-62(48-65)84(16,17)18/h25-51H,1-24H3. The summed E-state index contributed by atoms with van der Waals surface area (Å²) in [5.74, 6) is 0.716. The van der Waals surface area contributed by atoms with Crippen LogP contribution in [0.1, 0.15) is 211 Å². The van der Waals surface area contributed by atoms with Gasteiger partial charge in [0.2, 0.25) is 0 Å². The average molecular weight is 1200 g/mol. The molecule has 0 saturated heterocycles. The van der Waals surface area contributed by atoms with Crippen LogP contribution in [-0.2, 0) is 43.3 Å². The lowest BCUT2D eigenvalue weighted by molar-refractivity contribution is 0.568. The molecule has 2 aliphatic heterocycles. The highest BCUT2D eigenvalue weighted by Crippen LogP contribution is 2.52. The van der Waals surface area contributed by atoms with Crippen LogP contribution in [0.5, 0.6) is 0 Å². The molecule has 0 spiro atoms. The molecule has 10 aromatic rings. The Morgan fingerprint density at radius 1 is 0.286 bits per heavy atom. The molecule has 0 bridgehead atoms. The van der Waals surface area contributed by atoms with Crippen molar-refractivity contribution in [2.24, 2.45) is 0 Å². The molecule has 0 atom stereocenters. The normalized spacial score (nSPS) is 14.1. The van der Waals surface area contributed by atoms with Crippen molar-refractivity contribution in [3.8, 4) is 33.9 Å². The molecule has 466 valence electrons. The topological polar surface area (TPSA) is 32.3 Å². The van der Waals surface area contributed by atoms with Gasteiger partial charge in [0, 0.05) is 61.6 Å². The predicted molar refractivity (Wildman–Crippen MR) is 397 cm³/mol. The molecular formula is C86H99BN4. The van der Waals surface area contributed by atoms with Crippen molar-refractivity contribution in [2.75, 3.05) is 9.80 Å². The lowest BCUT2D eigenvalue weighted by atomic mass is 9.33. The van der Waals surface area contributed by atoms with Crippen molar-refractivity contribution in [3.63, 3.8) is 0 Å². The molecule has 9 aromatic carbocycles. The van der Waals surface area contributed by atoms with Gasteiger partial charge in [0.25, 0.3) is 6.71 Å². The third-order valence-corrected chi connectivity index (χ3v) is 19.6. The molecule has 0 fully saturated rings. The number of hydrogen-bond acceptors (Lipinski definition) is 4. The minimum atomic E-state index is -0.140. The highest BCUT2D eigenvalue weighted by molar-refractivity contribution is 7.00. The summed E-state index contributed by atoms with van der Waals surface area (Å²) in [6.07, 6.45) is 0. The SMILES string of the molecule is CC(C)(C)c1cc(-c2cc(-c3cc4c5c(c3)N(c3cc(C(C)(C)C)cc(C(C)(C)C)c3)c3c(ccc6ccccc36)B5c3ccc5ccccc5c3N4c3cc(C(C)(C)C)cc(C(C)(C)C)c3)nc(-c3cc(C(C)(C)C)cc(C(C)(C)C)c3)n2)cc(C(C)(C)C)c1. The Bertz CT molecular complexity index is 4140. The average Bonchev–Trinajstić information content (AvgIpc) is 0.690. The second-order valence-electron chi connectivity index (χ2n) is 35.1. The van der Waals surface area contributed by atoms with E-state index in [2.05, 4.69) is 340 Å². The summed E-state index contributed by atoms with van der Waals surface area (Å²) in [6.45, 7) is 56.1. The van der Waals surface area contributed by atoms with Crippen molar-refractivity contribution >= 4 is 78.8 Å². The quantitative estimate of drug-likeness (QED) is 0.161. The Kier molecular flexibility index (Phi) is 14.9. The highest BCUT2D eigenvalue weighted by atomic mass is 15.2. The number of benzene rings is 9. The summed E-state index contributed by atoms with van der Waals surface area (Å²) < 4.78 is 0. The zero-order chi connectivity index (χ0) is 65.8. The zero-order valence-corrected chi connectivity index (χ0v) is 59.5. The summed E-state index contributed by atoms with van der Waals surface area (Å²) >= 11 is 0. The molecule has 2 aliphatic rings. The van der Waals surface area contributed by atoms with Crippen LogP contribution in [0.25, 0.3) is 55.4 Å². The molecule has 0 N–H and O–H groups in total. The van der Waals surface area contributed by atoms with Gasteiger partial charge in [-0.05, 0) is 182 Å². The van der Waals surface area contributed by atoms with Crippen LogP contribution >= 0.6 is 0 Å². The van der Waals surface area contributed by atoms with Crippen LogP contribution in [0.2, 0.25) is 0 Å². The van der Waals surface area contributed by atoms with Gasteiger partial charge in [0.1, 0.15) is 0 Å². The van der Waals surface area contributed by atoms with E-state index >= 15 is 0 Å². The lowest BCUT2D eigenvalue weighted by Gasteiger charge is -2.46. The van der Waals surface area contributed by atoms with Gasteiger partial charge in [0.05, 0.1) is 11.4 Å². The molecule has 0 amide bonds. The maximum atomic E-state index is 5.97. The fraction of sp³-hybridized carbons (Fsp3) is 0.372. The van der Waals surface area contributed by atoms with Crippen molar-refractivity contribution in [2.45, 2.75) is 209 Å². The first-order chi connectivity index (χ1) is 42.1. The Morgan fingerprint density at radius 3 is 0.890 bits per heavy atom. The molecular weight excluding hydrogens is 1100 g/mol. The molecule has 0 radical (unpaired) electrons. The second kappa shape index (κ2) is 21.4. The Morgan fingerprint density at radius 2 is 0.571 bits per heavy atom. The molecule has 3 heterocycles. The van der Waals surface area contributed by atoms with Gasteiger partial charge in [-0.1, -0.05) is 263 Å². The van der Waals surface area contributed by atoms with E-state index in [0.29, 0.717) is 5.82 Å². The highest BCUT2D eigenvalue weighted by Gasteiger charge is 2.46. The molecule has 0 unspecified atom stereocenters. The zero-order valence-electron chi connectivity index (χ0n) is 59.5. The largest absolute Gasteiger partial charge is 0.311 e. The third-order valence-electron chi connectivity index (χ3n) is 19.6. The van der Waals surface area contributed by atoms with Gasteiger partial charge in [-0.2, -0.15) is 0 Å². The summed E-state index contributed by atoms with van der Waals surface area (Å²) in [5, 5.41) is 4.87. The molecule has 0 aliphatic carbocycles. The Balaban J connectivity index is 1.30.